The van der Waals surface area contributed by atoms with Gasteiger partial charge in [0.1, 0.15) is 5.78 Å². The Labute approximate surface area is 66.1 Å². The average Bonchev–Trinajstić information content (AvgIpc) is 2.41. The molecule has 0 radical (unpaired) electrons. The fourth-order valence-corrected chi connectivity index (χ4v) is 2.07. The zero-order valence-corrected chi connectivity index (χ0v) is 6.67. The molecule has 0 aromatic heterocycles. The van der Waals surface area contributed by atoms with Gasteiger partial charge in [0.2, 0.25) is 0 Å². The number of rotatable bonds is 1. The average molecular weight is 155 g/mol. The van der Waals surface area contributed by atoms with Crippen LogP contribution in [-0.4, -0.2) is 31.6 Å². The molecule has 3 atom stereocenters. The van der Waals surface area contributed by atoms with E-state index in [0.29, 0.717) is 11.8 Å². The van der Waals surface area contributed by atoms with Crippen molar-refractivity contribution >= 4 is 5.78 Å². The highest BCUT2D eigenvalue weighted by Crippen LogP contribution is 2.28. The molecular weight excluding hydrogens is 142 g/mol. The van der Waals surface area contributed by atoms with Gasteiger partial charge in [0.25, 0.3) is 0 Å². The van der Waals surface area contributed by atoms with Crippen LogP contribution in [0.1, 0.15) is 6.92 Å². The van der Waals surface area contributed by atoms with E-state index in [2.05, 4.69) is 5.32 Å². The molecule has 0 amide bonds. The molecule has 0 aliphatic carbocycles. The van der Waals surface area contributed by atoms with Crippen molar-refractivity contribution in [1.82, 2.24) is 5.32 Å². The zero-order chi connectivity index (χ0) is 7.84. The lowest BCUT2D eigenvalue weighted by atomic mass is 9.92. The van der Waals surface area contributed by atoms with E-state index in [0.717, 1.165) is 19.8 Å². The third-order valence-corrected chi connectivity index (χ3v) is 2.71. The standard InChI is InChI=1S/C8H13NO2/c1-5(10)8-7-4-11-3-6(7)2-9-8/h6-9H,2-4H2,1H3/t6-,7+,8-/m1/s1. The summed E-state index contributed by atoms with van der Waals surface area (Å²) in [6.45, 7) is 4.20. The highest BCUT2D eigenvalue weighted by Gasteiger charge is 2.41. The Kier molecular flexibility index (Phi) is 1.69. The number of hydrogen-bond acceptors (Lipinski definition) is 3. The summed E-state index contributed by atoms with van der Waals surface area (Å²) in [4.78, 5) is 11.1. The van der Waals surface area contributed by atoms with Crippen molar-refractivity contribution in [1.29, 1.82) is 0 Å². The van der Waals surface area contributed by atoms with Gasteiger partial charge in [0.15, 0.2) is 0 Å². The molecule has 0 aromatic rings. The number of hydrogen-bond donors (Lipinski definition) is 1. The summed E-state index contributed by atoms with van der Waals surface area (Å²) in [5.41, 5.74) is 0. The molecule has 2 heterocycles. The fraction of sp³-hybridized carbons (Fsp3) is 0.875. The molecule has 0 saturated carbocycles. The monoisotopic (exact) mass is 155 g/mol. The molecule has 1 N–H and O–H groups in total. The molecule has 0 spiro atoms. The van der Waals surface area contributed by atoms with Gasteiger partial charge in [-0.15, -0.1) is 0 Å². The summed E-state index contributed by atoms with van der Waals surface area (Å²) in [6.07, 6.45) is 0. The van der Waals surface area contributed by atoms with E-state index in [4.69, 9.17) is 4.74 Å². The van der Waals surface area contributed by atoms with E-state index in [1.54, 1.807) is 6.92 Å². The van der Waals surface area contributed by atoms with E-state index < -0.39 is 0 Å². The zero-order valence-electron chi connectivity index (χ0n) is 6.67. The second-order valence-corrected chi connectivity index (χ2v) is 3.46. The summed E-state index contributed by atoms with van der Waals surface area (Å²) >= 11 is 0. The third kappa shape index (κ3) is 1.08. The highest BCUT2D eigenvalue weighted by molar-refractivity contribution is 5.82. The largest absolute Gasteiger partial charge is 0.381 e. The molecule has 3 nitrogen and oxygen atoms in total. The summed E-state index contributed by atoms with van der Waals surface area (Å²) < 4.78 is 5.30. The third-order valence-electron chi connectivity index (χ3n) is 2.71. The number of carbonyl (C=O) groups excluding carboxylic acids is 1. The van der Waals surface area contributed by atoms with Crippen LogP contribution in [0.2, 0.25) is 0 Å². The maximum Gasteiger partial charge on any atom is 0.147 e. The van der Waals surface area contributed by atoms with E-state index in [9.17, 15) is 4.79 Å². The first-order chi connectivity index (χ1) is 5.29. The Morgan fingerprint density at radius 1 is 1.55 bits per heavy atom. The Morgan fingerprint density at radius 3 is 3.09 bits per heavy atom. The van der Waals surface area contributed by atoms with Gasteiger partial charge in [0, 0.05) is 18.4 Å². The minimum Gasteiger partial charge on any atom is -0.381 e. The molecule has 2 saturated heterocycles. The number of Topliss-reactive ketones (excluding diaryl/α,β-unsaturated/α-hetero) is 1. The van der Waals surface area contributed by atoms with Crippen LogP contribution in [0, 0.1) is 11.8 Å². The van der Waals surface area contributed by atoms with Gasteiger partial charge < -0.3 is 10.1 Å². The molecule has 2 rings (SSSR count). The van der Waals surface area contributed by atoms with Crippen molar-refractivity contribution < 1.29 is 9.53 Å². The number of fused-ring (bicyclic) bond motifs is 1. The predicted molar refractivity (Wildman–Crippen MR) is 40.3 cm³/mol. The van der Waals surface area contributed by atoms with Gasteiger partial charge in [-0.05, 0) is 6.92 Å². The van der Waals surface area contributed by atoms with Gasteiger partial charge in [-0.2, -0.15) is 0 Å². The lowest BCUT2D eigenvalue weighted by Gasteiger charge is -2.12. The quantitative estimate of drug-likeness (QED) is 0.570. The van der Waals surface area contributed by atoms with Crippen molar-refractivity contribution in [3.8, 4) is 0 Å². The van der Waals surface area contributed by atoms with Crippen molar-refractivity contribution in [2.24, 2.45) is 11.8 Å². The minimum absolute atomic E-state index is 0.0718. The van der Waals surface area contributed by atoms with Crippen LogP contribution < -0.4 is 5.32 Å². The van der Waals surface area contributed by atoms with Crippen LogP contribution in [0.15, 0.2) is 0 Å². The van der Waals surface area contributed by atoms with E-state index in [-0.39, 0.29) is 11.8 Å². The summed E-state index contributed by atoms with van der Waals surface area (Å²) in [5.74, 6) is 1.29. The molecule has 0 bridgehead atoms. The maximum atomic E-state index is 11.1. The Balaban J connectivity index is 2.08. The lowest BCUT2D eigenvalue weighted by molar-refractivity contribution is -0.119. The van der Waals surface area contributed by atoms with Gasteiger partial charge >= 0.3 is 0 Å². The number of ketones is 1. The molecule has 3 heteroatoms. The van der Waals surface area contributed by atoms with E-state index in [1.807, 2.05) is 0 Å². The molecule has 0 aromatic carbocycles. The topological polar surface area (TPSA) is 38.3 Å². The number of nitrogens with one attached hydrogen (secondary N) is 1. The molecule has 2 fully saturated rings. The summed E-state index contributed by atoms with van der Waals surface area (Å²) in [6, 6.07) is 0.0718. The molecular formula is C8H13NO2. The van der Waals surface area contributed by atoms with Crippen molar-refractivity contribution in [3.05, 3.63) is 0 Å². The molecule has 2 aliphatic heterocycles. The molecule has 11 heavy (non-hydrogen) atoms. The highest BCUT2D eigenvalue weighted by atomic mass is 16.5. The minimum atomic E-state index is 0.0718. The summed E-state index contributed by atoms with van der Waals surface area (Å²) in [7, 11) is 0. The SMILES string of the molecule is CC(=O)[C@H]1NC[C@@H]2COC[C@@H]21. The van der Waals surface area contributed by atoms with E-state index in [1.165, 1.54) is 0 Å². The molecule has 0 unspecified atom stereocenters. The molecule has 62 valence electrons. The summed E-state index contributed by atoms with van der Waals surface area (Å²) in [5, 5.41) is 3.23. The van der Waals surface area contributed by atoms with Gasteiger partial charge in [0.05, 0.1) is 19.3 Å². The second kappa shape index (κ2) is 2.57. The van der Waals surface area contributed by atoms with Gasteiger partial charge in [-0.1, -0.05) is 0 Å². The number of ether oxygens (including phenoxy) is 1. The van der Waals surface area contributed by atoms with Crippen molar-refractivity contribution in [3.63, 3.8) is 0 Å². The van der Waals surface area contributed by atoms with Crippen molar-refractivity contribution in [2.45, 2.75) is 13.0 Å². The second-order valence-electron chi connectivity index (χ2n) is 3.46. The van der Waals surface area contributed by atoms with Crippen LogP contribution in [0.3, 0.4) is 0 Å². The maximum absolute atomic E-state index is 11.1. The first-order valence-electron chi connectivity index (χ1n) is 4.10. The fourth-order valence-electron chi connectivity index (χ4n) is 2.07. The normalized spacial score (nSPS) is 42.5. The first kappa shape index (κ1) is 7.25. The Bertz CT molecular complexity index is 181. The molecule has 2 aliphatic rings. The van der Waals surface area contributed by atoms with Gasteiger partial charge in [-0.25, -0.2) is 0 Å². The van der Waals surface area contributed by atoms with Crippen LogP contribution in [0.25, 0.3) is 0 Å². The Morgan fingerprint density at radius 2 is 2.36 bits per heavy atom. The van der Waals surface area contributed by atoms with Crippen molar-refractivity contribution in [2.75, 3.05) is 19.8 Å². The van der Waals surface area contributed by atoms with E-state index >= 15 is 0 Å². The van der Waals surface area contributed by atoms with Crippen LogP contribution in [0.5, 0.6) is 0 Å². The number of carbonyl (C=O) groups is 1. The Hall–Kier alpha value is -0.410. The van der Waals surface area contributed by atoms with Crippen LogP contribution >= 0.6 is 0 Å². The first-order valence-corrected chi connectivity index (χ1v) is 4.10. The smallest absolute Gasteiger partial charge is 0.147 e. The van der Waals surface area contributed by atoms with Crippen LogP contribution in [0.4, 0.5) is 0 Å². The van der Waals surface area contributed by atoms with Crippen LogP contribution in [-0.2, 0) is 9.53 Å². The lowest BCUT2D eigenvalue weighted by Crippen LogP contribution is -2.35. The predicted octanol–water partition coefficient (Wildman–Crippen LogP) is -0.190. The van der Waals surface area contributed by atoms with Gasteiger partial charge in [-0.3, -0.25) is 4.79 Å².